The number of hydrogen-bond acceptors (Lipinski definition) is 6. The lowest BCUT2D eigenvalue weighted by Gasteiger charge is -2.23. The first-order chi connectivity index (χ1) is 15.7. The average Bonchev–Trinajstić information content (AvgIpc) is 3.49. The Hall–Kier alpha value is -3.02. The fraction of sp³-hybridized carbons (Fsp3) is 0.409. The lowest BCUT2D eigenvalue weighted by Crippen LogP contribution is -2.32. The van der Waals surface area contributed by atoms with E-state index in [2.05, 4.69) is 40.6 Å². The molecule has 0 unspecified atom stereocenters. The lowest BCUT2D eigenvalue weighted by molar-refractivity contribution is -0.122. The van der Waals surface area contributed by atoms with Crippen molar-refractivity contribution in [1.29, 1.82) is 0 Å². The number of hydrogen-bond donors (Lipinski definition) is 1. The summed E-state index contributed by atoms with van der Waals surface area (Å²) in [4.78, 5) is 13.0. The third-order valence-corrected chi connectivity index (χ3v) is 7.55. The van der Waals surface area contributed by atoms with Gasteiger partial charge in [-0.25, -0.2) is 22.4 Å². The van der Waals surface area contributed by atoms with E-state index in [1.807, 2.05) is 23.1 Å². The monoisotopic (exact) mass is 475 g/mol. The first kappa shape index (κ1) is 24.6. The molecule has 4 rings (SSSR count). The lowest BCUT2D eigenvalue weighted by atomic mass is 10.0. The molecule has 0 saturated carbocycles. The van der Waals surface area contributed by atoms with Crippen LogP contribution in [0.25, 0.3) is 17.1 Å². The van der Waals surface area contributed by atoms with Crippen molar-refractivity contribution in [2.45, 2.75) is 19.9 Å². The number of aryl methyl sites for hydroxylation is 2. The molecule has 1 saturated heterocycles. The molecule has 10 nitrogen and oxygen atoms in total. The molecule has 3 heterocycles. The maximum atomic E-state index is 12.5. The highest BCUT2D eigenvalue weighted by Crippen LogP contribution is 2.35. The third kappa shape index (κ3) is 5.32. The van der Waals surface area contributed by atoms with Crippen LogP contribution in [0, 0.1) is 19.8 Å². The molecule has 2 aromatic heterocycles. The summed E-state index contributed by atoms with van der Waals surface area (Å²) < 4.78 is 35.9. The summed E-state index contributed by atoms with van der Waals surface area (Å²) >= 11 is 0. The fourth-order valence-corrected chi connectivity index (χ4v) is 5.26. The molecular formula is C22H29N5O5S. The van der Waals surface area contributed by atoms with Crippen molar-refractivity contribution in [1.82, 2.24) is 23.6 Å². The van der Waals surface area contributed by atoms with Gasteiger partial charge < -0.3 is 14.4 Å². The number of ether oxygens (including phenoxy) is 1. The van der Waals surface area contributed by atoms with Crippen LogP contribution in [0.3, 0.4) is 0 Å². The molecule has 1 aliphatic heterocycles. The van der Waals surface area contributed by atoms with Gasteiger partial charge in [-0.3, -0.25) is 4.79 Å². The summed E-state index contributed by atoms with van der Waals surface area (Å²) in [5.74, 6) is 0.681. The van der Waals surface area contributed by atoms with Crippen molar-refractivity contribution in [2.24, 2.45) is 5.92 Å². The molecule has 2 atom stereocenters. The first-order valence-electron chi connectivity index (χ1n) is 10.4. The zero-order chi connectivity index (χ0) is 24.2. The molecule has 33 heavy (non-hydrogen) atoms. The number of benzene rings is 1. The predicted octanol–water partition coefficient (Wildman–Crippen LogP) is 2.13. The van der Waals surface area contributed by atoms with Gasteiger partial charge in [0.2, 0.25) is 10.0 Å². The van der Waals surface area contributed by atoms with Gasteiger partial charge in [-0.05, 0) is 37.1 Å². The predicted molar refractivity (Wildman–Crippen MR) is 124 cm³/mol. The Morgan fingerprint density at radius 1 is 1.21 bits per heavy atom. The van der Waals surface area contributed by atoms with Gasteiger partial charge in [0, 0.05) is 50.4 Å². The maximum Gasteiger partial charge on any atom is 0.290 e. The minimum absolute atomic E-state index is 0.0428. The summed E-state index contributed by atoms with van der Waals surface area (Å²) in [7, 11) is -0.206. The molecule has 0 spiro atoms. The smallest absolute Gasteiger partial charge is 0.290 e. The second-order valence-electron chi connectivity index (χ2n) is 8.12. The Morgan fingerprint density at radius 3 is 2.58 bits per heavy atom. The third-order valence-electron chi connectivity index (χ3n) is 5.59. The summed E-state index contributed by atoms with van der Waals surface area (Å²) in [5, 5.41) is 11.3. The van der Waals surface area contributed by atoms with Crippen LogP contribution in [0.1, 0.15) is 17.2 Å². The molecular weight excluding hydrogens is 446 g/mol. The van der Waals surface area contributed by atoms with E-state index in [0.717, 1.165) is 28.2 Å². The number of imidazole rings is 1. The van der Waals surface area contributed by atoms with Gasteiger partial charge in [0.1, 0.15) is 5.82 Å². The standard InChI is InChI=1S/C21H27N5O3S.CH2O2/c1-15-10-16(2)20(26-8-5-6-23-26)18(11-15)21-22-7-9-25(21)19-13-29-12-17(19)14-30(27,28)24(3)4;2-1-3/h5-11,17,19H,12-14H2,1-4H3;1H,(H,2,3)/t17-,19-;/m1./s1. The Labute approximate surface area is 193 Å². The SMILES string of the molecule is Cc1cc(C)c(-n2cccn2)c(-c2nccn2[C@@H]2COC[C@@H]2CS(=O)(=O)N(C)C)c1.O=CO. The van der Waals surface area contributed by atoms with Crippen LogP contribution in [-0.2, 0) is 19.6 Å². The van der Waals surface area contributed by atoms with E-state index in [0.29, 0.717) is 13.2 Å². The van der Waals surface area contributed by atoms with E-state index in [4.69, 9.17) is 14.6 Å². The summed E-state index contributed by atoms with van der Waals surface area (Å²) in [5.41, 5.74) is 4.15. The van der Waals surface area contributed by atoms with Crippen molar-refractivity contribution in [3.05, 3.63) is 54.1 Å². The normalized spacial score (nSPS) is 18.2. The van der Waals surface area contributed by atoms with Crippen LogP contribution in [0.4, 0.5) is 0 Å². The molecule has 178 valence electrons. The van der Waals surface area contributed by atoms with Crippen molar-refractivity contribution in [3.63, 3.8) is 0 Å². The van der Waals surface area contributed by atoms with E-state index in [1.54, 1.807) is 26.5 Å². The molecule has 1 aliphatic rings. The summed E-state index contributed by atoms with van der Waals surface area (Å²) in [6.45, 7) is 4.74. The van der Waals surface area contributed by atoms with Crippen molar-refractivity contribution >= 4 is 16.5 Å². The number of aromatic nitrogens is 4. The van der Waals surface area contributed by atoms with Crippen LogP contribution < -0.4 is 0 Å². The second kappa shape index (κ2) is 10.3. The molecule has 1 aromatic carbocycles. The van der Waals surface area contributed by atoms with E-state index < -0.39 is 10.0 Å². The van der Waals surface area contributed by atoms with Crippen molar-refractivity contribution in [3.8, 4) is 17.1 Å². The average molecular weight is 476 g/mol. The number of carbonyl (C=O) groups is 1. The van der Waals surface area contributed by atoms with Gasteiger partial charge in [-0.15, -0.1) is 0 Å². The highest BCUT2D eigenvalue weighted by Gasteiger charge is 2.35. The topological polar surface area (TPSA) is 120 Å². The second-order valence-corrected chi connectivity index (χ2v) is 10.3. The van der Waals surface area contributed by atoms with Gasteiger partial charge >= 0.3 is 0 Å². The van der Waals surface area contributed by atoms with E-state index >= 15 is 0 Å². The Morgan fingerprint density at radius 2 is 1.94 bits per heavy atom. The zero-order valence-electron chi connectivity index (χ0n) is 19.1. The van der Waals surface area contributed by atoms with E-state index in [-0.39, 0.29) is 24.2 Å². The molecule has 0 bridgehead atoms. The quantitative estimate of drug-likeness (QED) is 0.542. The number of nitrogens with zero attached hydrogens (tertiary/aromatic N) is 5. The minimum atomic E-state index is -3.33. The van der Waals surface area contributed by atoms with E-state index in [1.165, 1.54) is 4.31 Å². The molecule has 0 radical (unpaired) electrons. The zero-order valence-corrected chi connectivity index (χ0v) is 19.9. The highest BCUT2D eigenvalue weighted by atomic mass is 32.2. The first-order valence-corrected chi connectivity index (χ1v) is 12.0. The Kier molecular flexibility index (Phi) is 7.67. The number of sulfonamides is 1. The maximum absolute atomic E-state index is 12.5. The number of carboxylic acid groups (broad SMARTS) is 1. The van der Waals surface area contributed by atoms with Crippen LogP contribution in [0.2, 0.25) is 0 Å². The van der Waals surface area contributed by atoms with Crippen molar-refractivity contribution in [2.75, 3.05) is 33.1 Å². The van der Waals surface area contributed by atoms with Crippen LogP contribution in [-0.4, -0.2) is 76.7 Å². The van der Waals surface area contributed by atoms with Gasteiger partial charge in [-0.1, -0.05) is 6.07 Å². The van der Waals surface area contributed by atoms with E-state index in [9.17, 15) is 8.42 Å². The van der Waals surface area contributed by atoms with Crippen molar-refractivity contribution < 1.29 is 23.1 Å². The fourth-order valence-electron chi connectivity index (χ4n) is 4.10. The molecule has 3 aromatic rings. The molecule has 1 N–H and O–H groups in total. The van der Waals surface area contributed by atoms with Crippen LogP contribution in [0.5, 0.6) is 0 Å². The van der Waals surface area contributed by atoms with Gasteiger partial charge in [0.25, 0.3) is 6.47 Å². The number of rotatable bonds is 6. The Bertz CT molecular complexity index is 1190. The van der Waals surface area contributed by atoms with Gasteiger partial charge in [0.15, 0.2) is 0 Å². The van der Waals surface area contributed by atoms with Crippen LogP contribution in [0.15, 0.2) is 43.0 Å². The molecule has 0 amide bonds. The summed E-state index contributed by atoms with van der Waals surface area (Å²) in [6.07, 6.45) is 7.34. The minimum Gasteiger partial charge on any atom is -0.483 e. The largest absolute Gasteiger partial charge is 0.483 e. The summed E-state index contributed by atoms with van der Waals surface area (Å²) in [6, 6.07) is 6.01. The molecule has 1 fully saturated rings. The Balaban J connectivity index is 0.000000968. The highest BCUT2D eigenvalue weighted by molar-refractivity contribution is 7.89. The van der Waals surface area contributed by atoms with Crippen LogP contribution >= 0.6 is 0 Å². The van der Waals surface area contributed by atoms with Gasteiger partial charge in [0.05, 0.1) is 30.7 Å². The molecule has 0 aliphatic carbocycles. The van der Waals surface area contributed by atoms with Gasteiger partial charge in [-0.2, -0.15) is 5.10 Å². The molecule has 11 heteroatoms.